The zero-order chi connectivity index (χ0) is 17.7. The molecule has 0 unspecified atom stereocenters. The average Bonchev–Trinajstić information content (AvgIpc) is 2.66. The number of rotatable bonds is 9. The third-order valence-electron chi connectivity index (χ3n) is 5.45. The van der Waals surface area contributed by atoms with E-state index in [9.17, 15) is 0 Å². The second-order valence-electron chi connectivity index (χ2n) is 7.43. The molecule has 2 aliphatic rings. The van der Waals surface area contributed by atoms with E-state index >= 15 is 0 Å². The number of aliphatic imine (C=N–C) groups is 1. The van der Waals surface area contributed by atoms with Crippen molar-refractivity contribution >= 4 is 5.96 Å². The number of hydrogen-bond acceptors (Lipinski definition) is 3. The molecule has 0 spiro atoms. The first-order valence-corrected chi connectivity index (χ1v) is 10.5. The Morgan fingerprint density at radius 1 is 1.08 bits per heavy atom. The van der Waals surface area contributed by atoms with Crippen molar-refractivity contribution < 1.29 is 9.47 Å². The Hall–Kier alpha value is -0.810. The standard InChI is InChI=1S/C20H39N3O2/c1-3-21-20(22-13-10-18-8-5-4-6-9-18)23-14-11-19(12-15-23)25-17-7-16-24-2/h18-19H,3-17H2,1-2H3,(H,21,22). The van der Waals surface area contributed by atoms with Gasteiger partial charge in [-0.3, -0.25) is 4.99 Å². The Labute approximate surface area is 154 Å². The number of guanidine groups is 1. The number of nitrogens with one attached hydrogen (secondary N) is 1. The Morgan fingerprint density at radius 2 is 1.84 bits per heavy atom. The summed E-state index contributed by atoms with van der Waals surface area (Å²) in [4.78, 5) is 7.33. The molecule has 25 heavy (non-hydrogen) atoms. The summed E-state index contributed by atoms with van der Waals surface area (Å²) in [6, 6.07) is 0. The molecule has 0 radical (unpaired) electrons. The number of nitrogens with zero attached hydrogens (tertiary/aromatic N) is 2. The summed E-state index contributed by atoms with van der Waals surface area (Å²) in [7, 11) is 1.74. The van der Waals surface area contributed by atoms with Crippen molar-refractivity contribution in [3.63, 3.8) is 0 Å². The Bertz CT molecular complexity index is 362. The van der Waals surface area contributed by atoms with Crippen LogP contribution in [0.15, 0.2) is 4.99 Å². The van der Waals surface area contributed by atoms with Gasteiger partial charge in [0, 0.05) is 46.5 Å². The van der Waals surface area contributed by atoms with Gasteiger partial charge in [-0.25, -0.2) is 0 Å². The van der Waals surface area contributed by atoms with E-state index in [4.69, 9.17) is 14.5 Å². The lowest BCUT2D eigenvalue weighted by Gasteiger charge is -2.34. The van der Waals surface area contributed by atoms with Gasteiger partial charge in [-0.15, -0.1) is 0 Å². The van der Waals surface area contributed by atoms with E-state index in [0.717, 1.165) is 70.5 Å². The first-order valence-electron chi connectivity index (χ1n) is 10.5. The number of methoxy groups -OCH3 is 1. The van der Waals surface area contributed by atoms with Crippen LogP contribution in [0.3, 0.4) is 0 Å². The van der Waals surface area contributed by atoms with E-state index in [0.29, 0.717) is 6.10 Å². The van der Waals surface area contributed by atoms with Crippen LogP contribution >= 0.6 is 0 Å². The minimum atomic E-state index is 0.401. The molecule has 0 amide bonds. The van der Waals surface area contributed by atoms with E-state index < -0.39 is 0 Å². The van der Waals surface area contributed by atoms with Crippen LogP contribution in [0.4, 0.5) is 0 Å². The predicted octanol–water partition coefficient (Wildman–Crippen LogP) is 3.44. The summed E-state index contributed by atoms with van der Waals surface area (Å²) in [5, 5.41) is 3.48. The highest BCUT2D eigenvalue weighted by atomic mass is 16.5. The minimum Gasteiger partial charge on any atom is -0.385 e. The van der Waals surface area contributed by atoms with Gasteiger partial charge in [-0.1, -0.05) is 32.1 Å². The van der Waals surface area contributed by atoms with Crippen molar-refractivity contribution in [1.82, 2.24) is 10.2 Å². The fraction of sp³-hybridized carbons (Fsp3) is 0.950. The predicted molar refractivity (Wildman–Crippen MR) is 104 cm³/mol. The maximum Gasteiger partial charge on any atom is 0.193 e. The molecule has 0 atom stereocenters. The molecule has 1 aliphatic carbocycles. The minimum absolute atomic E-state index is 0.401. The van der Waals surface area contributed by atoms with E-state index in [1.165, 1.54) is 38.5 Å². The molecule has 1 aliphatic heterocycles. The van der Waals surface area contributed by atoms with Gasteiger partial charge in [0.15, 0.2) is 5.96 Å². The number of piperidine rings is 1. The van der Waals surface area contributed by atoms with Crippen LogP contribution in [0.5, 0.6) is 0 Å². The monoisotopic (exact) mass is 353 g/mol. The maximum atomic E-state index is 5.97. The van der Waals surface area contributed by atoms with Gasteiger partial charge in [-0.05, 0) is 38.5 Å². The molecule has 1 N–H and O–H groups in total. The summed E-state index contributed by atoms with van der Waals surface area (Å²) in [5.41, 5.74) is 0. The van der Waals surface area contributed by atoms with Gasteiger partial charge in [0.2, 0.25) is 0 Å². The second kappa shape index (κ2) is 12.5. The van der Waals surface area contributed by atoms with E-state index in [-0.39, 0.29) is 0 Å². The molecule has 1 saturated heterocycles. The molecular weight excluding hydrogens is 314 g/mol. The summed E-state index contributed by atoms with van der Waals surface area (Å²) < 4.78 is 11.0. The maximum absolute atomic E-state index is 5.97. The molecule has 5 nitrogen and oxygen atoms in total. The van der Waals surface area contributed by atoms with Gasteiger partial charge >= 0.3 is 0 Å². The average molecular weight is 354 g/mol. The van der Waals surface area contributed by atoms with Crippen molar-refractivity contribution in [2.24, 2.45) is 10.9 Å². The molecule has 0 aromatic heterocycles. The quantitative estimate of drug-likeness (QED) is 0.392. The van der Waals surface area contributed by atoms with Crippen LogP contribution in [0.1, 0.15) is 64.7 Å². The molecule has 0 bridgehead atoms. The molecule has 146 valence electrons. The summed E-state index contributed by atoms with van der Waals surface area (Å²) in [6.45, 7) is 7.76. The van der Waals surface area contributed by atoms with Crippen molar-refractivity contribution in [3.05, 3.63) is 0 Å². The molecule has 0 aromatic carbocycles. The Balaban J connectivity index is 1.69. The van der Waals surface area contributed by atoms with Crippen molar-refractivity contribution in [2.45, 2.75) is 70.8 Å². The van der Waals surface area contributed by atoms with Crippen molar-refractivity contribution in [2.75, 3.05) is 46.5 Å². The van der Waals surface area contributed by atoms with Crippen molar-refractivity contribution in [1.29, 1.82) is 0 Å². The number of likely N-dealkylation sites (tertiary alicyclic amines) is 1. The molecule has 5 heteroatoms. The normalized spacial score (nSPS) is 20.9. The van der Waals surface area contributed by atoms with E-state index in [2.05, 4.69) is 17.1 Å². The molecule has 2 rings (SSSR count). The molecule has 2 fully saturated rings. The topological polar surface area (TPSA) is 46.1 Å². The highest BCUT2D eigenvalue weighted by molar-refractivity contribution is 5.80. The lowest BCUT2D eigenvalue weighted by Crippen LogP contribution is -2.47. The van der Waals surface area contributed by atoms with Crippen LogP contribution in [-0.2, 0) is 9.47 Å². The van der Waals surface area contributed by atoms with Crippen LogP contribution in [0.25, 0.3) is 0 Å². The third-order valence-corrected chi connectivity index (χ3v) is 5.45. The summed E-state index contributed by atoms with van der Waals surface area (Å²) >= 11 is 0. The summed E-state index contributed by atoms with van der Waals surface area (Å²) in [6.07, 6.45) is 12.0. The van der Waals surface area contributed by atoms with Crippen LogP contribution < -0.4 is 5.32 Å². The van der Waals surface area contributed by atoms with Gasteiger partial charge < -0.3 is 19.7 Å². The van der Waals surface area contributed by atoms with Crippen LogP contribution in [0.2, 0.25) is 0 Å². The molecule has 1 saturated carbocycles. The van der Waals surface area contributed by atoms with Gasteiger partial charge in [-0.2, -0.15) is 0 Å². The number of ether oxygens (including phenoxy) is 2. The first kappa shape index (κ1) is 20.5. The van der Waals surface area contributed by atoms with Gasteiger partial charge in [0.05, 0.1) is 6.10 Å². The lowest BCUT2D eigenvalue weighted by atomic mass is 9.87. The Kier molecular flexibility index (Phi) is 10.3. The SMILES string of the molecule is CCNC(=NCCC1CCCCC1)N1CCC(OCCCOC)CC1. The van der Waals surface area contributed by atoms with Crippen LogP contribution in [0, 0.1) is 5.92 Å². The van der Waals surface area contributed by atoms with Crippen molar-refractivity contribution in [3.8, 4) is 0 Å². The first-order chi connectivity index (χ1) is 12.3. The van der Waals surface area contributed by atoms with E-state index in [1.54, 1.807) is 7.11 Å². The largest absolute Gasteiger partial charge is 0.385 e. The molecule has 1 heterocycles. The zero-order valence-electron chi connectivity index (χ0n) is 16.5. The molecule has 0 aromatic rings. The fourth-order valence-corrected chi connectivity index (χ4v) is 3.94. The smallest absolute Gasteiger partial charge is 0.193 e. The number of hydrogen-bond donors (Lipinski definition) is 1. The van der Waals surface area contributed by atoms with E-state index in [1.807, 2.05) is 0 Å². The van der Waals surface area contributed by atoms with Gasteiger partial charge in [0.1, 0.15) is 0 Å². The highest BCUT2D eigenvalue weighted by Gasteiger charge is 2.22. The fourth-order valence-electron chi connectivity index (χ4n) is 3.94. The van der Waals surface area contributed by atoms with Gasteiger partial charge in [0.25, 0.3) is 0 Å². The summed E-state index contributed by atoms with van der Waals surface area (Å²) in [5.74, 6) is 2.02. The second-order valence-corrected chi connectivity index (χ2v) is 7.43. The zero-order valence-corrected chi connectivity index (χ0v) is 16.5. The Morgan fingerprint density at radius 3 is 2.52 bits per heavy atom. The van der Waals surface area contributed by atoms with Crippen LogP contribution in [-0.4, -0.2) is 63.5 Å². The highest BCUT2D eigenvalue weighted by Crippen LogP contribution is 2.26. The lowest BCUT2D eigenvalue weighted by molar-refractivity contribution is 0.00990. The third kappa shape index (κ3) is 7.95. The molecular formula is C20H39N3O2.